The first-order valence-corrected chi connectivity index (χ1v) is 8.64. The second-order valence-corrected chi connectivity index (χ2v) is 7.00. The summed E-state index contributed by atoms with van der Waals surface area (Å²) < 4.78 is 5.46. The van der Waals surface area contributed by atoms with Gasteiger partial charge in [0, 0.05) is 39.3 Å². The van der Waals surface area contributed by atoms with Crippen LogP contribution in [0.1, 0.15) is 51.9 Å². The molecule has 0 unspecified atom stereocenters. The maximum atomic E-state index is 5.46. The highest BCUT2D eigenvalue weighted by Crippen LogP contribution is 2.29. The van der Waals surface area contributed by atoms with Crippen molar-refractivity contribution in [1.82, 2.24) is 9.80 Å². The molecule has 1 heterocycles. The van der Waals surface area contributed by atoms with Crippen LogP contribution in [0.25, 0.3) is 0 Å². The fraction of sp³-hybridized carbons (Fsp3) is 1.00. The van der Waals surface area contributed by atoms with E-state index in [1.54, 1.807) is 0 Å². The van der Waals surface area contributed by atoms with Crippen molar-refractivity contribution in [3.8, 4) is 0 Å². The van der Waals surface area contributed by atoms with Gasteiger partial charge >= 0.3 is 0 Å². The van der Waals surface area contributed by atoms with Crippen LogP contribution in [0.3, 0.4) is 0 Å². The highest BCUT2D eigenvalue weighted by molar-refractivity contribution is 4.76. The maximum absolute atomic E-state index is 5.46. The summed E-state index contributed by atoms with van der Waals surface area (Å²) in [5, 5.41) is 0. The van der Waals surface area contributed by atoms with Crippen molar-refractivity contribution in [1.29, 1.82) is 0 Å². The van der Waals surface area contributed by atoms with Crippen LogP contribution in [0, 0.1) is 5.92 Å². The first kappa shape index (κ1) is 16.3. The van der Waals surface area contributed by atoms with E-state index in [1.807, 2.05) is 7.11 Å². The largest absolute Gasteiger partial charge is 0.381 e. The number of rotatable bonds is 6. The maximum Gasteiger partial charge on any atom is 0.0571 e. The van der Waals surface area contributed by atoms with Crippen molar-refractivity contribution in [2.75, 3.05) is 40.3 Å². The Balaban J connectivity index is 1.56. The number of nitrogens with zero attached hydrogens (tertiary/aromatic N) is 2. The molecule has 0 aromatic carbocycles. The molecule has 20 heavy (non-hydrogen) atoms. The second kappa shape index (κ2) is 8.35. The van der Waals surface area contributed by atoms with Gasteiger partial charge in [-0.25, -0.2) is 0 Å². The summed E-state index contributed by atoms with van der Waals surface area (Å²) in [5.74, 6) is 0.973. The number of hydrogen-bond acceptors (Lipinski definition) is 3. The van der Waals surface area contributed by atoms with Gasteiger partial charge in [-0.15, -0.1) is 0 Å². The number of hydrogen-bond donors (Lipinski definition) is 0. The van der Waals surface area contributed by atoms with Crippen LogP contribution in [0.15, 0.2) is 0 Å². The average Bonchev–Trinajstić information content (AvgIpc) is 2.48. The summed E-state index contributed by atoms with van der Waals surface area (Å²) in [5.41, 5.74) is 0. The molecule has 0 N–H and O–H groups in total. The Bertz CT molecular complexity index is 256. The first-order chi connectivity index (χ1) is 9.69. The number of methoxy groups -OCH3 is 1. The minimum atomic E-state index is 0.551. The lowest BCUT2D eigenvalue weighted by molar-refractivity contribution is 0.0544. The number of ether oxygens (including phenoxy) is 1. The molecule has 1 saturated heterocycles. The minimum absolute atomic E-state index is 0.551. The highest BCUT2D eigenvalue weighted by atomic mass is 16.5. The topological polar surface area (TPSA) is 15.7 Å². The molecule has 0 radical (unpaired) electrons. The third-order valence-electron chi connectivity index (χ3n) is 5.52. The van der Waals surface area contributed by atoms with E-state index >= 15 is 0 Å². The van der Waals surface area contributed by atoms with Crippen LogP contribution in [0.5, 0.6) is 0 Å². The molecule has 1 saturated carbocycles. The fourth-order valence-electron chi connectivity index (χ4n) is 3.80. The van der Waals surface area contributed by atoms with Crippen LogP contribution in [-0.4, -0.2) is 62.3 Å². The van der Waals surface area contributed by atoms with E-state index in [4.69, 9.17) is 4.74 Å². The Hall–Kier alpha value is -0.120. The molecule has 118 valence electrons. The molecule has 2 fully saturated rings. The van der Waals surface area contributed by atoms with E-state index < -0.39 is 0 Å². The van der Waals surface area contributed by atoms with Gasteiger partial charge < -0.3 is 9.64 Å². The molecule has 0 aromatic heterocycles. The Morgan fingerprint density at radius 3 is 2.30 bits per heavy atom. The SMILES string of the molecule is COC1CCC(CCC[C@H](C)N2CCN(C)CC2)CC1. The summed E-state index contributed by atoms with van der Waals surface area (Å²) in [6.45, 7) is 7.43. The van der Waals surface area contributed by atoms with E-state index in [0.717, 1.165) is 12.0 Å². The Kier molecular flexibility index (Phi) is 6.79. The van der Waals surface area contributed by atoms with Crippen molar-refractivity contribution >= 4 is 0 Å². The molecule has 1 aliphatic carbocycles. The molecule has 0 spiro atoms. The average molecular weight is 282 g/mol. The van der Waals surface area contributed by atoms with Gasteiger partial charge in [0.25, 0.3) is 0 Å². The molecule has 0 amide bonds. The van der Waals surface area contributed by atoms with Crippen molar-refractivity contribution in [3.05, 3.63) is 0 Å². The number of likely N-dealkylation sites (N-methyl/N-ethyl adjacent to an activating group) is 1. The smallest absolute Gasteiger partial charge is 0.0571 e. The molecular formula is C17H34N2O. The molecule has 1 atom stereocenters. The molecule has 3 heteroatoms. The lowest BCUT2D eigenvalue weighted by atomic mass is 9.84. The summed E-state index contributed by atoms with van der Waals surface area (Å²) >= 11 is 0. The zero-order valence-electron chi connectivity index (χ0n) is 13.8. The molecule has 0 bridgehead atoms. The summed E-state index contributed by atoms with van der Waals surface area (Å²) in [4.78, 5) is 5.12. The molecule has 2 aliphatic rings. The zero-order valence-corrected chi connectivity index (χ0v) is 13.8. The number of piperazine rings is 1. The quantitative estimate of drug-likeness (QED) is 0.745. The summed E-state index contributed by atoms with van der Waals surface area (Å²) in [6.07, 6.45) is 10.1. The van der Waals surface area contributed by atoms with Crippen LogP contribution < -0.4 is 0 Å². The van der Waals surface area contributed by atoms with Crippen LogP contribution in [0.4, 0.5) is 0 Å². The van der Waals surface area contributed by atoms with Crippen molar-refractivity contribution in [2.24, 2.45) is 5.92 Å². The van der Waals surface area contributed by atoms with Gasteiger partial charge in [0.15, 0.2) is 0 Å². The summed E-state index contributed by atoms with van der Waals surface area (Å²) in [7, 11) is 4.10. The van der Waals surface area contributed by atoms with Crippen molar-refractivity contribution < 1.29 is 4.74 Å². The predicted molar refractivity (Wildman–Crippen MR) is 85.1 cm³/mol. The van der Waals surface area contributed by atoms with Gasteiger partial charge in [-0.1, -0.05) is 12.8 Å². The van der Waals surface area contributed by atoms with Gasteiger partial charge in [0.2, 0.25) is 0 Å². The molecule has 2 rings (SSSR count). The Morgan fingerprint density at radius 2 is 1.70 bits per heavy atom. The van der Waals surface area contributed by atoms with Gasteiger partial charge in [-0.05, 0) is 52.0 Å². The van der Waals surface area contributed by atoms with Gasteiger partial charge in [0.05, 0.1) is 6.10 Å². The zero-order chi connectivity index (χ0) is 14.4. The molecule has 3 nitrogen and oxygen atoms in total. The standard InChI is InChI=1S/C17H34N2O/c1-15(19-13-11-18(2)12-14-19)5-4-6-16-7-9-17(20-3)10-8-16/h15-17H,4-14H2,1-3H3/t15-,16?,17?/m0/s1. The minimum Gasteiger partial charge on any atom is -0.381 e. The van der Waals surface area contributed by atoms with Gasteiger partial charge in [-0.2, -0.15) is 0 Å². The molecule has 1 aliphatic heterocycles. The fourth-order valence-corrected chi connectivity index (χ4v) is 3.80. The van der Waals surface area contributed by atoms with E-state index in [-0.39, 0.29) is 0 Å². The molecule has 0 aromatic rings. The van der Waals surface area contributed by atoms with E-state index in [1.165, 1.54) is 71.1 Å². The highest BCUT2D eigenvalue weighted by Gasteiger charge is 2.22. The normalized spacial score (nSPS) is 31.4. The van der Waals surface area contributed by atoms with Crippen LogP contribution in [-0.2, 0) is 4.74 Å². The second-order valence-electron chi connectivity index (χ2n) is 7.00. The van der Waals surface area contributed by atoms with Crippen LogP contribution >= 0.6 is 0 Å². The monoisotopic (exact) mass is 282 g/mol. The first-order valence-electron chi connectivity index (χ1n) is 8.64. The van der Waals surface area contributed by atoms with Crippen molar-refractivity contribution in [3.63, 3.8) is 0 Å². The third-order valence-corrected chi connectivity index (χ3v) is 5.52. The van der Waals surface area contributed by atoms with E-state index in [0.29, 0.717) is 6.10 Å². The van der Waals surface area contributed by atoms with Gasteiger partial charge in [0.1, 0.15) is 0 Å². The summed E-state index contributed by atoms with van der Waals surface area (Å²) in [6, 6.07) is 0.777. The molecular weight excluding hydrogens is 248 g/mol. The lowest BCUT2D eigenvalue weighted by Gasteiger charge is -2.36. The van der Waals surface area contributed by atoms with Crippen LogP contribution in [0.2, 0.25) is 0 Å². The lowest BCUT2D eigenvalue weighted by Crippen LogP contribution is -2.48. The Labute approximate surface area is 125 Å². The van der Waals surface area contributed by atoms with E-state index in [2.05, 4.69) is 23.8 Å². The van der Waals surface area contributed by atoms with Crippen molar-refractivity contribution in [2.45, 2.75) is 64.0 Å². The van der Waals surface area contributed by atoms with Gasteiger partial charge in [-0.3, -0.25) is 4.90 Å². The third kappa shape index (κ3) is 5.01. The van der Waals surface area contributed by atoms with E-state index in [9.17, 15) is 0 Å². The Morgan fingerprint density at radius 1 is 1.05 bits per heavy atom. The predicted octanol–water partition coefficient (Wildman–Crippen LogP) is 3.00.